The molecule has 0 unspecified atom stereocenters. The second-order valence-corrected chi connectivity index (χ2v) is 7.04. The molecule has 4 rings (SSSR count). The molecule has 2 aromatic carbocycles. The second kappa shape index (κ2) is 6.85. The number of para-hydroxylation sites is 1. The van der Waals surface area contributed by atoms with Crippen LogP contribution in [0.1, 0.15) is 22.3 Å². The third kappa shape index (κ3) is 3.06. The van der Waals surface area contributed by atoms with E-state index >= 15 is 0 Å². The van der Waals surface area contributed by atoms with Crippen molar-refractivity contribution in [3.63, 3.8) is 0 Å². The highest BCUT2D eigenvalue weighted by Gasteiger charge is 2.31. The van der Waals surface area contributed by atoms with Gasteiger partial charge in [0.25, 0.3) is 0 Å². The van der Waals surface area contributed by atoms with E-state index in [9.17, 15) is 9.90 Å². The monoisotopic (exact) mass is 379 g/mol. The van der Waals surface area contributed by atoms with Crippen molar-refractivity contribution in [1.82, 2.24) is 4.98 Å². The van der Waals surface area contributed by atoms with Crippen LogP contribution >= 0.6 is 11.3 Å². The fourth-order valence-electron chi connectivity index (χ4n) is 3.02. The van der Waals surface area contributed by atoms with E-state index in [1.165, 1.54) is 11.3 Å². The highest BCUT2D eigenvalue weighted by Crippen LogP contribution is 2.35. The zero-order chi connectivity index (χ0) is 19.0. The number of rotatable bonds is 4. The summed E-state index contributed by atoms with van der Waals surface area (Å²) in [6.07, 6.45) is 0. The minimum absolute atomic E-state index is 0.0978. The van der Waals surface area contributed by atoms with Gasteiger partial charge in [0.05, 0.1) is 34.5 Å². The second-order valence-electron chi connectivity index (χ2n) is 6.01. The molecule has 1 aliphatic rings. The van der Waals surface area contributed by atoms with Gasteiger partial charge in [-0.3, -0.25) is 5.41 Å². The standard InChI is InChI=1S/C20H17N3O3S/c1-2-26-20(25)12-6-5-7-13(10-12)23-11-15(24)17(18(23)21)19-22-14-8-3-4-9-16(14)27-19/h3-10,21,24H,2,11H2,1H3. The lowest BCUT2D eigenvalue weighted by Gasteiger charge is -2.19. The predicted octanol–water partition coefficient (Wildman–Crippen LogP) is 4.24. The fourth-order valence-corrected chi connectivity index (χ4v) is 4.05. The summed E-state index contributed by atoms with van der Waals surface area (Å²) in [6, 6.07) is 14.6. The van der Waals surface area contributed by atoms with Gasteiger partial charge in [-0.2, -0.15) is 0 Å². The average Bonchev–Trinajstić information content (AvgIpc) is 3.22. The van der Waals surface area contributed by atoms with Crippen molar-refractivity contribution >= 4 is 44.6 Å². The van der Waals surface area contributed by atoms with Crippen LogP contribution in [-0.4, -0.2) is 35.0 Å². The molecule has 6 nitrogen and oxygen atoms in total. The largest absolute Gasteiger partial charge is 0.510 e. The van der Waals surface area contributed by atoms with Gasteiger partial charge in [0, 0.05) is 5.69 Å². The molecule has 3 aromatic rings. The summed E-state index contributed by atoms with van der Waals surface area (Å²) < 4.78 is 6.04. The Hall–Kier alpha value is -3.19. The summed E-state index contributed by atoms with van der Waals surface area (Å²) in [5, 5.41) is 19.7. The van der Waals surface area contributed by atoms with Crippen LogP contribution in [0.5, 0.6) is 0 Å². The molecular formula is C20H17N3O3S. The van der Waals surface area contributed by atoms with Crippen molar-refractivity contribution in [1.29, 1.82) is 5.41 Å². The number of benzene rings is 2. The van der Waals surface area contributed by atoms with E-state index in [1.54, 1.807) is 36.1 Å². The van der Waals surface area contributed by atoms with Crippen LogP contribution in [0.25, 0.3) is 15.8 Å². The van der Waals surface area contributed by atoms with Crippen LogP contribution < -0.4 is 4.90 Å². The molecule has 7 heteroatoms. The van der Waals surface area contributed by atoms with E-state index < -0.39 is 5.97 Å². The summed E-state index contributed by atoms with van der Waals surface area (Å²) in [4.78, 5) is 18.2. The summed E-state index contributed by atoms with van der Waals surface area (Å²) in [5.74, 6) is -0.151. The van der Waals surface area contributed by atoms with Crippen LogP contribution in [0.2, 0.25) is 0 Å². The molecule has 2 heterocycles. The van der Waals surface area contributed by atoms with E-state index in [0.717, 1.165) is 10.2 Å². The van der Waals surface area contributed by atoms with E-state index in [2.05, 4.69) is 4.98 Å². The zero-order valence-corrected chi connectivity index (χ0v) is 15.4. The van der Waals surface area contributed by atoms with Crippen LogP contribution in [0.15, 0.2) is 54.3 Å². The highest BCUT2D eigenvalue weighted by atomic mass is 32.1. The molecule has 2 N–H and O–H groups in total. The van der Waals surface area contributed by atoms with E-state index in [4.69, 9.17) is 10.1 Å². The topological polar surface area (TPSA) is 86.5 Å². The zero-order valence-electron chi connectivity index (χ0n) is 14.6. The Balaban J connectivity index is 1.66. The summed E-state index contributed by atoms with van der Waals surface area (Å²) in [7, 11) is 0. The fraction of sp³-hybridized carbons (Fsp3) is 0.150. The Morgan fingerprint density at radius 2 is 2.11 bits per heavy atom. The van der Waals surface area contributed by atoms with E-state index in [-0.39, 0.29) is 18.1 Å². The number of anilines is 1. The SMILES string of the molecule is CCOC(=O)c1cccc(N2CC(O)=C(c3nc4ccccc4s3)C2=N)c1. The molecule has 1 aromatic heterocycles. The molecule has 0 saturated heterocycles. The van der Waals surface area contributed by atoms with Gasteiger partial charge in [0.2, 0.25) is 0 Å². The van der Waals surface area contributed by atoms with Gasteiger partial charge in [-0.25, -0.2) is 9.78 Å². The smallest absolute Gasteiger partial charge is 0.338 e. The Bertz CT molecular complexity index is 1050. The van der Waals surface area contributed by atoms with Crippen LogP contribution in [-0.2, 0) is 4.74 Å². The molecule has 0 fully saturated rings. The lowest BCUT2D eigenvalue weighted by atomic mass is 10.2. The minimum Gasteiger partial charge on any atom is -0.510 e. The Morgan fingerprint density at radius 3 is 2.89 bits per heavy atom. The number of aliphatic hydroxyl groups excluding tert-OH is 1. The predicted molar refractivity (Wildman–Crippen MR) is 107 cm³/mol. The van der Waals surface area contributed by atoms with Gasteiger partial charge in [-0.15, -0.1) is 11.3 Å². The highest BCUT2D eigenvalue weighted by molar-refractivity contribution is 7.19. The lowest BCUT2D eigenvalue weighted by molar-refractivity contribution is 0.0526. The van der Waals surface area contributed by atoms with Gasteiger partial charge < -0.3 is 14.7 Å². The molecule has 0 saturated carbocycles. The number of amidine groups is 1. The van der Waals surface area contributed by atoms with Crippen LogP contribution in [0, 0.1) is 5.41 Å². The minimum atomic E-state index is -0.409. The third-order valence-corrected chi connectivity index (χ3v) is 5.33. The maximum Gasteiger partial charge on any atom is 0.338 e. The summed E-state index contributed by atoms with van der Waals surface area (Å²) >= 11 is 1.44. The normalized spacial score (nSPS) is 14.3. The van der Waals surface area contributed by atoms with Gasteiger partial charge in [0.15, 0.2) is 0 Å². The molecule has 0 spiro atoms. The maximum atomic E-state index is 12.0. The molecule has 27 heavy (non-hydrogen) atoms. The Morgan fingerprint density at radius 1 is 1.30 bits per heavy atom. The first kappa shape index (κ1) is 17.2. The van der Waals surface area contributed by atoms with Crippen molar-refractivity contribution < 1.29 is 14.6 Å². The number of aromatic nitrogens is 1. The number of carbonyl (C=O) groups excluding carboxylic acids is 1. The summed E-state index contributed by atoms with van der Waals surface area (Å²) in [6.45, 7) is 2.22. The molecule has 0 aliphatic carbocycles. The third-order valence-electron chi connectivity index (χ3n) is 4.28. The van der Waals surface area contributed by atoms with Crippen molar-refractivity contribution in [2.45, 2.75) is 6.92 Å². The van der Waals surface area contributed by atoms with Gasteiger partial charge >= 0.3 is 5.97 Å². The average molecular weight is 379 g/mol. The molecule has 0 amide bonds. The van der Waals surface area contributed by atoms with Crippen LogP contribution in [0.3, 0.4) is 0 Å². The molecular weight excluding hydrogens is 362 g/mol. The molecule has 0 bridgehead atoms. The number of ether oxygens (including phenoxy) is 1. The van der Waals surface area contributed by atoms with Crippen molar-refractivity contribution in [2.75, 3.05) is 18.1 Å². The number of hydrogen-bond donors (Lipinski definition) is 2. The quantitative estimate of drug-likeness (QED) is 0.662. The Kier molecular flexibility index (Phi) is 4.37. The molecule has 0 radical (unpaired) electrons. The van der Waals surface area contributed by atoms with Gasteiger partial charge in [0.1, 0.15) is 16.6 Å². The van der Waals surface area contributed by atoms with E-state index in [1.807, 2.05) is 24.3 Å². The van der Waals surface area contributed by atoms with Crippen molar-refractivity contribution in [3.05, 3.63) is 64.9 Å². The van der Waals surface area contributed by atoms with Crippen molar-refractivity contribution in [2.24, 2.45) is 0 Å². The lowest BCUT2D eigenvalue weighted by Crippen LogP contribution is -2.26. The number of nitrogens with zero attached hydrogens (tertiary/aromatic N) is 2. The molecule has 0 atom stereocenters. The first-order valence-electron chi connectivity index (χ1n) is 8.50. The van der Waals surface area contributed by atoms with Gasteiger partial charge in [-0.05, 0) is 37.3 Å². The van der Waals surface area contributed by atoms with Crippen molar-refractivity contribution in [3.8, 4) is 0 Å². The number of aliphatic hydroxyl groups is 1. The first-order valence-corrected chi connectivity index (χ1v) is 9.32. The van der Waals surface area contributed by atoms with Crippen LogP contribution in [0.4, 0.5) is 5.69 Å². The first-order chi connectivity index (χ1) is 13.1. The number of esters is 1. The van der Waals surface area contributed by atoms with Gasteiger partial charge in [-0.1, -0.05) is 18.2 Å². The number of nitrogens with one attached hydrogen (secondary N) is 1. The van der Waals surface area contributed by atoms with E-state index in [0.29, 0.717) is 28.4 Å². The maximum absolute atomic E-state index is 12.0. The summed E-state index contributed by atoms with van der Waals surface area (Å²) in [5.41, 5.74) is 2.33. The molecule has 136 valence electrons. The number of fused-ring (bicyclic) bond motifs is 1. The number of thiazole rings is 1. The molecule has 1 aliphatic heterocycles. The number of carbonyl (C=O) groups is 1. The number of hydrogen-bond acceptors (Lipinski definition) is 6. The Labute approximate surface area is 159 Å².